The molecule has 0 spiro atoms. The van der Waals surface area contributed by atoms with Crippen LogP contribution in [0.3, 0.4) is 0 Å². The van der Waals surface area contributed by atoms with Crippen LogP contribution < -0.4 is 0 Å². The lowest BCUT2D eigenvalue weighted by atomic mass is 10.9. The molecular formula is C5H7FN2. The molecule has 1 heterocycles. The Labute approximate surface area is 46.8 Å². The van der Waals surface area contributed by atoms with Crippen molar-refractivity contribution in [1.82, 2.24) is 9.55 Å². The molecule has 0 aliphatic rings. The highest BCUT2D eigenvalue weighted by molar-refractivity contribution is 5.14. The van der Waals surface area contributed by atoms with E-state index in [1.54, 1.807) is 23.3 Å². The maximum atomic E-state index is 3.78. The van der Waals surface area contributed by atoms with Crippen molar-refractivity contribution >= 4 is 6.20 Å². The minimum absolute atomic E-state index is 0. The third-order valence-corrected chi connectivity index (χ3v) is 0.736. The molecule has 1 aromatic rings. The molecule has 0 radical (unpaired) electrons. The van der Waals surface area contributed by atoms with E-state index in [2.05, 4.69) is 11.6 Å². The van der Waals surface area contributed by atoms with Gasteiger partial charge in [-0.3, -0.25) is 4.70 Å². The summed E-state index contributed by atoms with van der Waals surface area (Å²) in [6.45, 7) is 3.53. The Kier molecular flexibility index (Phi) is 2.54. The summed E-state index contributed by atoms with van der Waals surface area (Å²) in [6.07, 6.45) is 6.91. The largest absolute Gasteiger partial charge is 0.314 e. The number of imidazole rings is 1. The lowest BCUT2D eigenvalue weighted by Crippen LogP contribution is -1.73. The van der Waals surface area contributed by atoms with Crippen molar-refractivity contribution in [1.29, 1.82) is 0 Å². The van der Waals surface area contributed by atoms with Crippen LogP contribution in [0.15, 0.2) is 25.3 Å². The fourth-order valence-corrected chi connectivity index (χ4v) is 0.377. The van der Waals surface area contributed by atoms with E-state index >= 15 is 0 Å². The Morgan fingerprint density at radius 2 is 2.38 bits per heavy atom. The fraction of sp³-hybridized carbons (Fsp3) is 0. The molecule has 0 aliphatic heterocycles. The summed E-state index contributed by atoms with van der Waals surface area (Å²) in [5.41, 5.74) is 0. The van der Waals surface area contributed by atoms with Crippen LogP contribution in [0.2, 0.25) is 0 Å². The summed E-state index contributed by atoms with van der Waals surface area (Å²) in [6, 6.07) is 0. The van der Waals surface area contributed by atoms with E-state index in [-0.39, 0.29) is 4.70 Å². The van der Waals surface area contributed by atoms with Crippen molar-refractivity contribution in [2.75, 3.05) is 0 Å². The Balaban J connectivity index is 0.000000490. The van der Waals surface area contributed by atoms with Crippen LogP contribution in [0.1, 0.15) is 0 Å². The summed E-state index contributed by atoms with van der Waals surface area (Å²) in [5, 5.41) is 0. The van der Waals surface area contributed by atoms with E-state index in [9.17, 15) is 0 Å². The molecule has 0 unspecified atom stereocenters. The van der Waals surface area contributed by atoms with Crippen LogP contribution in [0.5, 0.6) is 0 Å². The Morgan fingerprint density at radius 1 is 1.62 bits per heavy atom. The van der Waals surface area contributed by atoms with Gasteiger partial charge in [-0.25, -0.2) is 4.98 Å². The van der Waals surface area contributed by atoms with Crippen molar-refractivity contribution in [2.45, 2.75) is 0 Å². The topological polar surface area (TPSA) is 17.8 Å². The van der Waals surface area contributed by atoms with Crippen LogP contribution in [0.25, 0.3) is 6.20 Å². The van der Waals surface area contributed by atoms with Gasteiger partial charge in [0.15, 0.2) is 0 Å². The predicted molar refractivity (Wildman–Crippen MR) is 31.1 cm³/mol. The second-order valence-electron chi connectivity index (χ2n) is 1.19. The molecule has 1 aromatic heterocycles. The molecule has 8 heavy (non-hydrogen) atoms. The van der Waals surface area contributed by atoms with Crippen molar-refractivity contribution < 1.29 is 4.70 Å². The Morgan fingerprint density at radius 3 is 2.62 bits per heavy atom. The third kappa shape index (κ3) is 1.18. The molecule has 0 N–H and O–H groups in total. The first kappa shape index (κ1) is 6.88. The quantitative estimate of drug-likeness (QED) is 0.535. The molecule has 44 valence electrons. The van der Waals surface area contributed by atoms with Crippen LogP contribution in [-0.2, 0) is 0 Å². The van der Waals surface area contributed by atoms with Gasteiger partial charge in [0.05, 0.1) is 6.33 Å². The average molecular weight is 114 g/mol. The van der Waals surface area contributed by atoms with Gasteiger partial charge in [0, 0.05) is 18.6 Å². The summed E-state index contributed by atoms with van der Waals surface area (Å²) < 4.78 is 1.78. The number of rotatable bonds is 1. The molecule has 3 heteroatoms. The monoisotopic (exact) mass is 114 g/mol. The molecule has 0 aromatic carbocycles. The first-order valence-corrected chi connectivity index (χ1v) is 2.03. The molecule has 0 bridgehead atoms. The number of hydrogen-bond donors (Lipinski definition) is 0. The average Bonchev–Trinajstić information content (AvgIpc) is 2.14. The lowest BCUT2D eigenvalue weighted by Gasteiger charge is -1.80. The van der Waals surface area contributed by atoms with Gasteiger partial charge < -0.3 is 4.57 Å². The molecule has 0 atom stereocenters. The van der Waals surface area contributed by atoms with E-state index in [1.807, 2.05) is 6.20 Å². The zero-order valence-corrected chi connectivity index (χ0v) is 4.32. The van der Waals surface area contributed by atoms with Gasteiger partial charge in [-0.05, 0) is 0 Å². The summed E-state index contributed by atoms with van der Waals surface area (Å²) >= 11 is 0. The van der Waals surface area contributed by atoms with Gasteiger partial charge in [0.1, 0.15) is 0 Å². The van der Waals surface area contributed by atoms with Crippen molar-refractivity contribution in [3.8, 4) is 0 Å². The molecule has 0 saturated heterocycles. The normalized spacial score (nSPS) is 7.50. The molecule has 0 fully saturated rings. The zero-order valence-electron chi connectivity index (χ0n) is 4.32. The van der Waals surface area contributed by atoms with Crippen molar-refractivity contribution in [3.63, 3.8) is 0 Å². The minimum atomic E-state index is 0. The van der Waals surface area contributed by atoms with Gasteiger partial charge in [-0.15, -0.1) is 0 Å². The molecule has 0 saturated carbocycles. The molecular weight excluding hydrogens is 107 g/mol. The second kappa shape index (κ2) is 2.96. The third-order valence-electron chi connectivity index (χ3n) is 0.736. The molecule has 1 rings (SSSR count). The summed E-state index contributed by atoms with van der Waals surface area (Å²) in [5.74, 6) is 0. The first-order chi connectivity index (χ1) is 3.43. The van der Waals surface area contributed by atoms with E-state index in [0.29, 0.717) is 0 Å². The fourth-order valence-electron chi connectivity index (χ4n) is 0.377. The van der Waals surface area contributed by atoms with Crippen LogP contribution in [0, 0.1) is 0 Å². The molecule has 0 amide bonds. The predicted octanol–water partition coefficient (Wildman–Crippen LogP) is 1.14. The minimum Gasteiger partial charge on any atom is -0.314 e. The number of nitrogens with zero attached hydrogens (tertiary/aromatic N) is 2. The summed E-state index contributed by atoms with van der Waals surface area (Å²) in [4.78, 5) is 3.78. The van der Waals surface area contributed by atoms with Crippen LogP contribution >= 0.6 is 0 Å². The van der Waals surface area contributed by atoms with Gasteiger partial charge in [-0.1, -0.05) is 6.58 Å². The molecule has 0 aliphatic carbocycles. The maximum Gasteiger partial charge on any atom is 0.0986 e. The van der Waals surface area contributed by atoms with Gasteiger partial charge in [0.25, 0.3) is 0 Å². The smallest absolute Gasteiger partial charge is 0.0986 e. The first-order valence-electron chi connectivity index (χ1n) is 2.03. The SMILES string of the molecule is C=Cn1ccnc1.F. The number of aromatic nitrogens is 2. The number of halogens is 1. The second-order valence-corrected chi connectivity index (χ2v) is 1.19. The highest BCUT2D eigenvalue weighted by atomic mass is 19.0. The van der Waals surface area contributed by atoms with Crippen LogP contribution in [0.4, 0.5) is 4.70 Å². The van der Waals surface area contributed by atoms with Crippen LogP contribution in [-0.4, -0.2) is 9.55 Å². The number of hydrogen-bond acceptors (Lipinski definition) is 1. The Bertz CT molecular complexity index is 145. The maximum absolute atomic E-state index is 3.78. The van der Waals surface area contributed by atoms with Gasteiger partial charge >= 0.3 is 0 Å². The highest BCUT2D eigenvalue weighted by Gasteiger charge is 1.73. The van der Waals surface area contributed by atoms with Gasteiger partial charge in [0.2, 0.25) is 0 Å². The summed E-state index contributed by atoms with van der Waals surface area (Å²) in [7, 11) is 0. The highest BCUT2D eigenvalue weighted by Crippen LogP contribution is 1.81. The van der Waals surface area contributed by atoms with E-state index in [4.69, 9.17) is 0 Å². The van der Waals surface area contributed by atoms with E-state index < -0.39 is 0 Å². The van der Waals surface area contributed by atoms with Crippen molar-refractivity contribution in [3.05, 3.63) is 25.3 Å². The lowest BCUT2D eigenvalue weighted by molar-refractivity contribution is 1.11. The zero-order chi connectivity index (χ0) is 5.11. The molecule has 2 nitrogen and oxygen atoms in total. The van der Waals surface area contributed by atoms with E-state index in [0.717, 1.165) is 0 Å². The standard InChI is InChI=1S/C5H6N2.FH/c1-2-7-4-3-6-5-7;/h2-5H,1H2;1H. The van der Waals surface area contributed by atoms with Gasteiger partial charge in [-0.2, -0.15) is 0 Å². The Hall–Kier alpha value is -1.12. The van der Waals surface area contributed by atoms with Crippen molar-refractivity contribution in [2.24, 2.45) is 0 Å². The van der Waals surface area contributed by atoms with E-state index in [1.165, 1.54) is 0 Å².